The molecule has 0 aromatic carbocycles. The van der Waals surface area contributed by atoms with Gasteiger partial charge in [0.05, 0.1) is 5.92 Å². The van der Waals surface area contributed by atoms with Crippen molar-refractivity contribution in [1.82, 2.24) is 10.2 Å². The van der Waals surface area contributed by atoms with Crippen LogP contribution in [0.2, 0.25) is 0 Å². The summed E-state index contributed by atoms with van der Waals surface area (Å²) in [5.74, 6) is -2.60. The Kier molecular flexibility index (Phi) is 4.59. The molecular weight excluding hydrogens is 273 g/mol. The second-order valence-corrected chi connectivity index (χ2v) is 5.76. The van der Waals surface area contributed by atoms with Gasteiger partial charge in [-0.1, -0.05) is 6.42 Å². The van der Waals surface area contributed by atoms with Crippen molar-refractivity contribution in [2.24, 2.45) is 5.92 Å². The molecule has 0 radical (unpaired) electrons. The lowest BCUT2D eigenvalue weighted by Gasteiger charge is -2.45. The first-order chi connectivity index (χ1) is 9.36. The van der Waals surface area contributed by atoms with Crippen molar-refractivity contribution in [1.29, 1.82) is 0 Å². The number of hydrogen-bond donors (Lipinski definition) is 2. The third-order valence-electron chi connectivity index (χ3n) is 4.53. The van der Waals surface area contributed by atoms with Gasteiger partial charge in [-0.3, -0.25) is 9.69 Å². The quantitative estimate of drug-likeness (QED) is 0.816. The van der Waals surface area contributed by atoms with Crippen LogP contribution < -0.4 is 5.32 Å². The number of carboxylic acids is 1. The van der Waals surface area contributed by atoms with Gasteiger partial charge in [-0.05, 0) is 32.2 Å². The lowest BCUT2D eigenvalue weighted by molar-refractivity contribution is -0.198. The summed E-state index contributed by atoms with van der Waals surface area (Å²) in [6.45, 7) is 2.46. The smallest absolute Gasteiger partial charge is 0.391 e. The zero-order valence-corrected chi connectivity index (χ0v) is 11.4. The summed E-state index contributed by atoms with van der Waals surface area (Å²) in [4.78, 5) is 13.5. The van der Waals surface area contributed by atoms with Gasteiger partial charge in [-0.15, -0.1) is 0 Å². The van der Waals surface area contributed by atoms with Crippen molar-refractivity contribution >= 4 is 5.97 Å². The molecule has 2 N–H and O–H groups in total. The predicted molar refractivity (Wildman–Crippen MR) is 67.4 cm³/mol. The molecule has 1 saturated heterocycles. The Morgan fingerprint density at radius 1 is 1.25 bits per heavy atom. The predicted octanol–water partition coefficient (Wildman–Crippen LogP) is 1.86. The fourth-order valence-electron chi connectivity index (χ4n) is 3.42. The lowest BCUT2D eigenvalue weighted by atomic mass is 9.74. The van der Waals surface area contributed by atoms with Gasteiger partial charge in [0.25, 0.3) is 0 Å². The van der Waals surface area contributed by atoms with Crippen molar-refractivity contribution in [3.8, 4) is 0 Å². The maximum Gasteiger partial charge on any atom is 0.391 e. The molecule has 0 aromatic rings. The van der Waals surface area contributed by atoms with Crippen LogP contribution in [0, 0.1) is 5.92 Å². The highest BCUT2D eigenvalue weighted by Gasteiger charge is 2.53. The zero-order valence-electron chi connectivity index (χ0n) is 11.4. The van der Waals surface area contributed by atoms with Gasteiger partial charge in [0.1, 0.15) is 5.54 Å². The highest BCUT2D eigenvalue weighted by Crippen LogP contribution is 2.44. The van der Waals surface area contributed by atoms with Crippen LogP contribution >= 0.6 is 0 Å². The summed E-state index contributed by atoms with van der Waals surface area (Å²) in [6, 6.07) is 0. The van der Waals surface area contributed by atoms with E-state index in [9.17, 15) is 23.1 Å². The standard InChI is InChI=1S/C13H21F3N2O2/c14-13(15,16)10-3-1-4-12(9-10,11(19)20)18-7-2-5-17-6-8-18/h10,17H,1-9H2,(H,19,20). The molecule has 116 valence electrons. The number of rotatable bonds is 2. The molecule has 2 rings (SSSR count). The normalized spacial score (nSPS) is 33.6. The summed E-state index contributed by atoms with van der Waals surface area (Å²) in [5, 5.41) is 12.7. The number of carbonyl (C=O) groups is 1. The molecule has 2 unspecified atom stereocenters. The van der Waals surface area contributed by atoms with Crippen molar-refractivity contribution in [2.45, 2.75) is 43.8 Å². The van der Waals surface area contributed by atoms with Crippen LogP contribution in [-0.4, -0.2) is 53.9 Å². The first kappa shape index (κ1) is 15.6. The van der Waals surface area contributed by atoms with Crippen LogP contribution in [0.1, 0.15) is 32.1 Å². The molecule has 20 heavy (non-hydrogen) atoms. The maximum absolute atomic E-state index is 13.0. The van der Waals surface area contributed by atoms with Crippen molar-refractivity contribution in [2.75, 3.05) is 26.2 Å². The van der Waals surface area contributed by atoms with E-state index in [1.807, 2.05) is 0 Å². The molecule has 2 fully saturated rings. The van der Waals surface area contributed by atoms with E-state index in [1.54, 1.807) is 4.90 Å². The van der Waals surface area contributed by atoms with Crippen LogP contribution in [-0.2, 0) is 4.79 Å². The van der Waals surface area contributed by atoms with Gasteiger partial charge < -0.3 is 10.4 Å². The molecule has 0 amide bonds. The second-order valence-electron chi connectivity index (χ2n) is 5.76. The Labute approximate surface area is 116 Å². The Morgan fingerprint density at radius 2 is 2.00 bits per heavy atom. The van der Waals surface area contributed by atoms with Gasteiger partial charge in [-0.2, -0.15) is 13.2 Å². The molecule has 1 aliphatic heterocycles. The summed E-state index contributed by atoms with van der Waals surface area (Å²) in [5.41, 5.74) is -1.34. The Balaban J connectivity index is 2.22. The van der Waals surface area contributed by atoms with Gasteiger partial charge in [0, 0.05) is 19.6 Å². The fourth-order valence-corrected chi connectivity index (χ4v) is 3.42. The van der Waals surface area contributed by atoms with Crippen LogP contribution in [0.4, 0.5) is 13.2 Å². The molecule has 4 nitrogen and oxygen atoms in total. The molecule has 1 saturated carbocycles. The zero-order chi connectivity index (χ0) is 14.8. The monoisotopic (exact) mass is 294 g/mol. The van der Waals surface area contributed by atoms with Gasteiger partial charge >= 0.3 is 12.1 Å². The second kappa shape index (κ2) is 5.89. The van der Waals surface area contributed by atoms with E-state index in [2.05, 4.69) is 5.32 Å². The van der Waals surface area contributed by atoms with E-state index in [0.29, 0.717) is 32.5 Å². The van der Waals surface area contributed by atoms with E-state index >= 15 is 0 Å². The van der Waals surface area contributed by atoms with E-state index in [4.69, 9.17) is 0 Å². The van der Waals surface area contributed by atoms with Crippen LogP contribution in [0.15, 0.2) is 0 Å². The van der Waals surface area contributed by atoms with Gasteiger partial charge in [-0.25, -0.2) is 0 Å². The number of hydrogen-bond acceptors (Lipinski definition) is 3. The first-order valence-electron chi connectivity index (χ1n) is 7.12. The first-order valence-corrected chi connectivity index (χ1v) is 7.12. The summed E-state index contributed by atoms with van der Waals surface area (Å²) < 4.78 is 38.9. The average Bonchev–Trinajstić information content (AvgIpc) is 2.66. The number of nitrogens with zero attached hydrogens (tertiary/aromatic N) is 1. The number of carboxylic acid groups (broad SMARTS) is 1. The topological polar surface area (TPSA) is 52.6 Å². The third kappa shape index (κ3) is 3.09. The van der Waals surface area contributed by atoms with Gasteiger partial charge in [0.15, 0.2) is 0 Å². The number of nitrogens with one attached hydrogen (secondary N) is 1. The van der Waals surface area contributed by atoms with Crippen molar-refractivity contribution in [3.63, 3.8) is 0 Å². The minimum atomic E-state index is -4.30. The fraction of sp³-hybridized carbons (Fsp3) is 0.923. The number of alkyl halides is 3. The highest BCUT2D eigenvalue weighted by atomic mass is 19.4. The molecule has 0 aromatic heterocycles. The lowest BCUT2D eigenvalue weighted by Crippen LogP contribution is -2.59. The average molecular weight is 294 g/mol. The molecule has 0 bridgehead atoms. The van der Waals surface area contributed by atoms with Crippen LogP contribution in [0.25, 0.3) is 0 Å². The highest BCUT2D eigenvalue weighted by molar-refractivity contribution is 5.79. The molecule has 0 spiro atoms. The van der Waals surface area contributed by atoms with Crippen molar-refractivity contribution < 1.29 is 23.1 Å². The number of aliphatic carboxylic acids is 1. The Hall–Kier alpha value is -0.820. The Morgan fingerprint density at radius 3 is 2.65 bits per heavy atom. The minimum absolute atomic E-state index is 0.0462. The van der Waals surface area contributed by atoms with E-state index in [-0.39, 0.29) is 12.8 Å². The summed E-state index contributed by atoms with van der Waals surface area (Å²) in [6.07, 6.45) is -3.16. The SMILES string of the molecule is O=C(O)C1(N2CCCNCC2)CCCC(C(F)(F)F)C1. The van der Waals surface area contributed by atoms with Crippen LogP contribution in [0.5, 0.6) is 0 Å². The minimum Gasteiger partial charge on any atom is -0.480 e. The van der Waals surface area contributed by atoms with E-state index < -0.39 is 23.6 Å². The van der Waals surface area contributed by atoms with Crippen molar-refractivity contribution in [3.05, 3.63) is 0 Å². The molecule has 2 atom stereocenters. The van der Waals surface area contributed by atoms with Crippen LogP contribution in [0.3, 0.4) is 0 Å². The Bertz CT molecular complexity index is 354. The van der Waals surface area contributed by atoms with E-state index in [0.717, 1.165) is 13.0 Å². The van der Waals surface area contributed by atoms with Gasteiger partial charge in [0.2, 0.25) is 0 Å². The molecule has 1 heterocycles. The maximum atomic E-state index is 13.0. The molecule has 1 aliphatic carbocycles. The largest absolute Gasteiger partial charge is 0.480 e. The molecule has 7 heteroatoms. The van der Waals surface area contributed by atoms with E-state index in [1.165, 1.54) is 0 Å². The summed E-state index contributed by atoms with van der Waals surface area (Å²) >= 11 is 0. The molecular formula is C13H21F3N2O2. The third-order valence-corrected chi connectivity index (χ3v) is 4.53. The molecule has 2 aliphatic rings. The summed E-state index contributed by atoms with van der Waals surface area (Å²) in [7, 11) is 0. The number of halogens is 3.